The number of piperidine rings is 1. The van der Waals surface area contributed by atoms with Gasteiger partial charge in [-0.25, -0.2) is 8.42 Å². The van der Waals surface area contributed by atoms with Gasteiger partial charge in [0.2, 0.25) is 5.91 Å². The molecule has 3 rings (SSSR count). The highest BCUT2D eigenvalue weighted by atomic mass is 32.2. The van der Waals surface area contributed by atoms with E-state index in [9.17, 15) is 22.8 Å². The largest absolute Gasteiger partial charge is 0.497 e. The number of amides is 2. The Balaban J connectivity index is 1.83. The van der Waals surface area contributed by atoms with Gasteiger partial charge in [0, 0.05) is 13.1 Å². The van der Waals surface area contributed by atoms with Crippen LogP contribution in [0.25, 0.3) is 10.2 Å². The van der Waals surface area contributed by atoms with Gasteiger partial charge in [0.15, 0.2) is 14.6 Å². The van der Waals surface area contributed by atoms with E-state index in [2.05, 4.69) is 4.99 Å². The van der Waals surface area contributed by atoms with E-state index in [1.54, 1.807) is 30.0 Å². The van der Waals surface area contributed by atoms with Gasteiger partial charge in [0.1, 0.15) is 23.8 Å². The standard InChI is InChI=1S/C22H29N3O7S2/c1-4-32-21(28)12-25-17-8-7-16(31-3)10-18(17)33-22(25)23-19(26)13-34(29,30)14-20(27)24-9-5-6-15(2)11-24/h7-8,10,15H,4-6,9,11-14H2,1-3H3. The second-order valence-electron chi connectivity index (χ2n) is 8.23. The second kappa shape index (κ2) is 11.1. The molecular formula is C22H29N3O7S2. The zero-order valence-corrected chi connectivity index (χ0v) is 21.1. The van der Waals surface area contributed by atoms with Crippen LogP contribution in [0.2, 0.25) is 0 Å². The predicted octanol–water partition coefficient (Wildman–Crippen LogP) is 1.38. The second-order valence-corrected chi connectivity index (χ2v) is 11.3. The minimum atomic E-state index is -4.00. The van der Waals surface area contributed by atoms with Crippen molar-refractivity contribution in [2.45, 2.75) is 33.2 Å². The van der Waals surface area contributed by atoms with Crippen LogP contribution in [0.5, 0.6) is 5.75 Å². The van der Waals surface area contributed by atoms with Crippen LogP contribution >= 0.6 is 11.3 Å². The molecule has 1 aromatic carbocycles. The van der Waals surface area contributed by atoms with Gasteiger partial charge in [-0.1, -0.05) is 18.3 Å². The molecule has 0 saturated carbocycles. The van der Waals surface area contributed by atoms with Crippen LogP contribution in [0, 0.1) is 5.92 Å². The van der Waals surface area contributed by atoms with Crippen molar-refractivity contribution in [2.75, 3.05) is 38.3 Å². The first-order valence-corrected chi connectivity index (χ1v) is 13.6. The molecule has 1 unspecified atom stereocenters. The van der Waals surface area contributed by atoms with E-state index < -0.39 is 39.1 Å². The fraction of sp³-hybridized carbons (Fsp3) is 0.545. The summed E-state index contributed by atoms with van der Waals surface area (Å²) in [5, 5.41) is 0. The van der Waals surface area contributed by atoms with Gasteiger partial charge in [-0.2, -0.15) is 4.99 Å². The molecule has 34 heavy (non-hydrogen) atoms. The van der Waals surface area contributed by atoms with Crippen LogP contribution in [0.4, 0.5) is 0 Å². The zero-order chi connectivity index (χ0) is 24.9. The molecule has 0 N–H and O–H groups in total. The molecule has 1 aliphatic rings. The lowest BCUT2D eigenvalue weighted by molar-refractivity contribution is -0.143. The average Bonchev–Trinajstić information content (AvgIpc) is 3.08. The molecule has 0 spiro atoms. The van der Waals surface area contributed by atoms with Crippen molar-refractivity contribution in [3.63, 3.8) is 0 Å². The number of benzene rings is 1. The van der Waals surface area contributed by atoms with Crippen molar-refractivity contribution in [2.24, 2.45) is 10.9 Å². The first kappa shape index (κ1) is 25.9. The van der Waals surface area contributed by atoms with Gasteiger partial charge in [-0.15, -0.1) is 0 Å². The van der Waals surface area contributed by atoms with Crippen LogP contribution < -0.4 is 9.54 Å². The maximum atomic E-state index is 12.6. The molecule has 0 radical (unpaired) electrons. The number of likely N-dealkylation sites (tertiary alicyclic amines) is 1. The number of sulfone groups is 1. The van der Waals surface area contributed by atoms with Crippen molar-refractivity contribution in [1.29, 1.82) is 0 Å². The summed E-state index contributed by atoms with van der Waals surface area (Å²) < 4.78 is 37.5. The van der Waals surface area contributed by atoms with Crippen LogP contribution in [-0.2, 0) is 35.5 Å². The summed E-state index contributed by atoms with van der Waals surface area (Å²) in [4.78, 5) is 42.8. The first-order valence-electron chi connectivity index (χ1n) is 11.0. The number of nitrogens with zero attached hydrogens (tertiary/aromatic N) is 3. The summed E-state index contributed by atoms with van der Waals surface area (Å²) in [6, 6.07) is 5.17. The number of ether oxygens (including phenoxy) is 2. The third kappa shape index (κ3) is 6.66. The number of hydrogen-bond donors (Lipinski definition) is 0. The number of carbonyl (C=O) groups is 3. The number of aromatic nitrogens is 1. The molecule has 10 nitrogen and oxygen atoms in total. The normalized spacial score (nSPS) is 17.1. The number of thiazole rings is 1. The first-order chi connectivity index (χ1) is 16.1. The Morgan fingerprint density at radius 1 is 1.24 bits per heavy atom. The van der Waals surface area contributed by atoms with E-state index in [4.69, 9.17) is 9.47 Å². The Morgan fingerprint density at radius 3 is 2.68 bits per heavy atom. The summed E-state index contributed by atoms with van der Waals surface area (Å²) >= 11 is 1.12. The van der Waals surface area contributed by atoms with Crippen molar-refractivity contribution in [1.82, 2.24) is 9.47 Å². The number of hydrogen-bond acceptors (Lipinski definition) is 8. The molecule has 186 valence electrons. The van der Waals surface area contributed by atoms with Gasteiger partial charge < -0.3 is 18.9 Å². The third-order valence-corrected chi connectivity index (χ3v) is 7.81. The molecular weight excluding hydrogens is 482 g/mol. The molecule has 1 atom stereocenters. The molecule has 2 heterocycles. The number of fused-ring (bicyclic) bond motifs is 1. The van der Waals surface area contributed by atoms with Crippen LogP contribution in [0.15, 0.2) is 23.2 Å². The quantitative estimate of drug-likeness (QED) is 0.490. The highest BCUT2D eigenvalue weighted by Gasteiger charge is 2.27. The Bertz CT molecular complexity index is 1250. The van der Waals surface area contributed by atoms with E-state index >= 15 is 0 Å². The van der Waals surface area contributed by atoms with E-state index in [0.717, 1.165) is 24.2 Å². The average molecular weight is 512 g/mol. The van der Waals surface area contributed by atoms with Gasteiger partial charge in [0.25, 0.3) is 5.91 Å². The van der Waals surface area contributed by atoms with Gasteiger partial charge in [0.05, 0.1) is 23.9 Å². The van der Waals surface area contributed by atoms with Crippen molar-refractivity contribution in [3.05, 3.63) is 23.0 Å². The maximum Gasteiger partial charge on any atom is 0.326 e. The van der Waals surface area contributed by atoms with E-state index in [1.807, 2.05) is 6.92 Å². The SMILES string of the molecule is CCOC(=O)Cn1c(=NC(=O)CS(=O)(=O)CC(=O)N2CCCC(C)C2)sc2cc(OC)ccc21. The Hall–Kier alpha value is -2.73. The predicted molar refractivity (Wildman–Crippen MR) is 127 cm³/mol. The summed E-state index contributed by atoms with van der Waals surface area (Å²) in [5.41, 5.74) is 0.627. The summed E-state index contributed by atoms with van der Waals surface area (Å²) in [7, 11) is -2.48. The van der Waals surface area contributed by atoms with Gasteiger partial charge >= 0.3 is 5.97 Å². The maximum absolute atomic E-state index is 12.6. The van der Waals surface area contributed by atoms with Crippen LogP contribution in [0.1, 0.15) is 26.7 Å². The van der Waals surface area contributed by atoms with E-state index in [0.29, 0.717) is 35.0 Å². The van der Waals surface area contributed by atoms with Crippen LogP contribution in [-0.4, -0.2) is 74.0 Å². The highest BCUT2D eigenvalue weighted by molar-refractivity contribution is 7.92. The minimum absolute atomic E-state index is 0.160. The number of rotatable bonds is 8. The van der Waals surface area contributed by atoms with Crippen molar-refractivity contribution < 1.29 is 32.3 Å². The summed E-state index contributed by atoms with van der Waals surface area (Å²) in [6.07, 6.45) is 1.83. The topological polar surface area (TPSA) is 124 Å². The molecule has 1 fully saturated rings. The third-order valence-electron chi connectivity index (χ3n) is 5.40. The molecule has 2 aromatic rings. The van der Waals surface area contributed by atoms with Crippen molar-refractivity contribution >= 4 is 49.2 Å². The lowest BCUT2D eigenvalue weighted by Gasteiger charge is -2.30. The summed E-state index contributed by atoms with van der Waals surface area (Å²) in [6.45, 7) is 4.75. The lowest BCUT2D eigenvalue weighted by atomic mass is 10.0. The minimum Gasteiger partial charge on any atom is -0.497 e. The van der Waals surface area contributed by atoms with E-state index in [-0.39, 0.29) is 18.0 Å². The fourth-order valence-electron chi connectivity index (χ4n) is 3.83. The van der Waals surface area contributed by atoms with E-state index in [1.165, 1.54) is 11.7 Å². The monoisotopic (exact) mass is 511 g/mol. The Labute approximate surface area is 202 Å². The van der Waals surface area contributed by atoms with Crippen molar-refractivity contribution in [3.8, 4) is 5.75 Å². The Morgan fingerprint density at radius 2 is 2.00 bits per heavy atom. The molecule has 1 saturated heterocycles. The van der Waals surface area contributed by atoms with Gasteiger partial charge in [-0.05, 0) is 43.9 Å². The lowest BCUT2D eigenvalue weighted by Crippen LogP contribution is -2.42. The number of carbonyl (C=O) groups excluding carboxylic acids is 3. The molecule has 1 aromatic heterocycles. The molecule has 12 heteroatoms. The molecule has 0 aliphatic carbocycles. The van der Waals surface area contributed by atoms with Crippen LogP contribution in [0.3, 0.4) is 0 Å². The number of esters is 1. The van der Waals surface area contributed by atoms with Gasteiger partial charge in [-0.3, -0.25) is 14.4 Å². The Kier molecular flexibility index (Phi) is 8.47. The molecule has 2 amide bonds. The molecule has 1 aliphatic heterocycles. The highest BCUT2D eigenvalue weighted by Crippen LogP contribution is 2.23. The zero-order valence-electron chi connectivity index (χ0n) is 19.5. The fourth-order valence-corrected chi connectivity index (χ4v) is 6.00. The molecule has 0 bridgehead atoms. The number of methoxy groups -OCH3 is 1. The summed E-state index contributed by atoms with van der Waals surface area (Å²) in [5.74, 6) is -2.63. The smallest absolute Gasteiger partial charge is 0.326 e.